The highest BCUT2D eigenvalue weighted by atomic mass is 79.9. The zero-order valence-corrected chi connectivity index (χ0v) is 21.3. The van der Waals surface area contributed by atoms with Crippen molar-refractivity contribution in [3.05, 3.63) is 59.1 Å². The van der Waals surface area contributed by atoms with Crippen LogP contribution in [0.3, 0.4) is 0 Å². The van der Waals surface area contributed by atoms with E-state index in [1.165, 1.54) is 45.6 Å². The van der Waals surface area contributed by atoms with Crippen molar-refractivity contribution in [1.82, 2.24) is 10.9 Å². The van der Waals surface area contributed by atoms with Crippen LogP contribution in [-0.4, -0.2) is 38.3 Å². The molecule has 0 aromatic heterocycles. The number of benzene rings is 2. The molecule has 3 N–H and O–H groups in total. The lowest BCUT2D eigenvalue weighted by atomic mass is 10.2. The molecular formula is C23H33BrN2O6. The number of hydrazine groups is 1. The van der Waals surface area contributed by atoms with E-state index >= 15 is 0 Å². The number of nitrogens with one attached hydrogen (secondary N) is 2. The first kappa shape index (κ1) is 31.0. The Morgan fingerprint density at radius 1 is 0.812 bits per heavy atom. The molecule has 2 amide bonds. The summed E-state index contributed by atoms with van der Waals surface area (Å²) in [5.74, 6) is -0.259. The van der Waals surface area contributed by atoms with Crippen LogP contribution in [0.1, 0.15) is 48.4 Å². The van der Waals surface area contributed by atoms with Gasteiger partial charge >= 0.3 is 0 Å². The lowest BCUT2D eigenvalue weighted by Gasteiger charge is -2.13. The van der Waals surface area contributed by atoms with Crippen LogP contribution in [-0.2, 0) is 0 Å². The number of halogens is 1. The highest BCUT2D eigenvalue weighted by Crippen LogP contribution is 2.33. The standard InChI is InChI=1S/C17H17BrN2O6.2C2H6.C2H4/c1-24-13-6-9(4-5-12(13)21)16(22)19-20-17(23)10-7-14(25-2)15(26-3)8-11(10)18;3*1-2/h4-8,21H,1-3H3,(H,19,22)(H,20,23);2*1-2H3;1-2H2. The third-order valence-corrected chi connectivity index (χ3v) is 4.11. The van der Waals surface area contributed by atoms with Gasteiger partial charge in [-0.3, -0.25) is 20.4 Å². The van der Waals surface area contributed by atoms with Gasteiger partial charge < -0.3 is 19.3 Å². The topological polar surface area (TPSA) is 106 Å². The van der Waals surface area contributed by atoms with Gasteiger partial charge in [-0.1, -0.05) is 27.7 Å². The zero-order chi connectivity index (χ0) is 25.3. The molecule has 0 saturated carbocycles. The van der Waals surface area contributed by atoms with Crippen LogP contribution in [0, 0.1) is 0 Å². The number of hydrogen-bond donors (Lipinski definition) is 3. The molecule has 0 unspecified atom stereocenters. The number of methoxy groups -OCH3 is 3. The number of phenols is 1. The van der Waals surface area contributed by atoms with E-state index in [1.807, 2.05) is 27.7 Å². The minimum Gasteiger partial charge on any atom is -0.504 e. The zero-order valence-electron chi connectivity index (χ0n) is 19.7. The summed E-state index contributed by atoms with van der Waals surface area (Å²) >= 11 is 3.28. The van der Waals surface area contributed by atoms with Crippen LogP contribution in [0.25, 0.3) is 0 Å². The van der Waals surface area contributed by atoms with E-state index in [9.17, 15) is 14.7 Å². The molecule has 0 aliphatic carbocycles. The molecule has 0 atom stereocenters. The van der Waals surface area contributed by atoms with Gasteiger partial charge in [-0.25, -0.2) is 0 Å². The van der Waals surface area contributed by atoms with Crippen LogP contribution in [0.5, 0.6) is 23.0 Å². The molecule has 0 aliphatic rings. The second-order valence-corrected chi connectivity index (χ2v) is 5.84. The van der Waals surface area contributed by atoms with Gasteiger partial charge in [0.15, 0.2) is 23.0 Å². The van der Waals surface area contributed by atoms with E-state index in [1.54, 1.807) is 6.07 Å². The maximum Gasteiger partial charge on any atom is 0.270 e. The van der Waals surface area contributed by atoms with Crippen LogP contribution in [0.2, 0.25) is 0 Å². The molecule has 0 radical (unpaired) electrons. The number of carbonyl (C=O) groups excluding carboxylic acids is 2. The van der Waals surface area contributed by atoms with Crippen LogP contribution in [0.15, 0.2) is 48.0 Å². The normalized spacial score (nSPS) is 8.62. The Labute approximate surface area is 198 Å². The van der Waals surface area contributed by atoms with Gasteiger partial charge in [-0.05, 0) is 46.3 Å². The first-order valence-electron chi connectivity index (χ1n) is 9.80. The van der Waals surface area contributed by atoms with E-state index in [0.29, 0.717) is 16.0 Å². The van der Waals surface area contributed by atoms with E-state index in [0.717, 1.165) is 0 Å². The Kier molecular flexibility index (Phi) is 16.9. The molecule has 0 heterocycles. The maximum atomic E-state index is 12.3. The van der Waals surface area contributed by atoms with Gasteiger partial charge in [0.05, 0.1) is 26.9 Å². The SMILES string of the molecule is C=C.CC.CC.COc1cc(C(=O)NNC(=O)c2cc(OC)c(OC)cc2Br)ccc1O. The summed E-state index contributed by atoms with van der Waals surface area (Å²) in [6, 6.07) is 7.13. The van der Waals surface area contributed by atoms with Gasteiger partial charge in [-0.2, -0.15) is 0 Å². The molecule has 0 fully saturated rings. The highest BCUT2D eigenvalue weighted by molar-refractivity contribution is 9.10. The van der Waals surface area contributed by atoms with Crippen molar-refractivity contribution < 1.29 is 28.9 Å². The minimum absolute atomic E-state index is 0.0951. The number of ether oxygens (including phenoxy) is 3. The summed E-state index contributed by atoms with van der Waals surface area (Å²) in [5.41, 5.74) is 5.05. The van der Waals surface area contributed by atoms with Crippen molar-refractivity contribution in [2.24, 2.45) is 0 Å². The van der Waals surface area contributed by atoms with E-state index in [-0.39, 0.29) is 22.6 Å². The third-order valence-electron chi connectivity index (χ3n) is 3.45. The Balaban J connectivity index is 0. The lowest BCUT2D eigenvalue weighted by molar-refractivity contribution is 0.0846. The second-order valence-electron chi connectivity index (χ2n) is 4.98. The quantitative estimate of drug-likeness (QED) is 0.379. The summed E-state index contributed by atoms with van der Waals surface area (Å²) in [7, 11) is 4.30. The molecule has 0 aliphatic heterocycles. The molecule has 0 saturated heterocycles. The van der Waals surface area contributed by atoms with Gasteiger partial charge in [0, 0.05) is 10.0 Å². The lowest BCUT2D eigenvalue weighted by Crippen LogP contribution is -2.41. The molecule has 8 nitrogen and oxygen atoms in total. The average molecular weight is 513 g/mol. The van der Waals surface area contributed by atoms with E-state index in [2.05, 4.69) is 39.9 Å². The van der Waals surface area contributed by atoms with Crippen molar-refractivity contribution in [3.63, 3.8) is 0 Å². The van der Waals surface area contributed by atoms with Crippen LogP contribution < -0.4 is 25.1 Å². The van der Waals surface area contributed by atoms with Gasteiger partial charge in [-0.15, -0.1) is 13.2 Å². The summed E-state index contributed by atoms with van der Waals surface area (Å²) in [6.45, 7) is 14.0. The first-order valence-corrected chi connectivity index (χ1v) is 10.6. The summed E-state index contributed by atoms with van der Waals surface area (Å²) in [5, 5.41) is 9.55. The Hall–Kier alpha value is -3.20. The molecular weight excluding hydrogens is 480 g/mol. The van der Waals surface area contributed by atoms with Crippen molar-refractivity contribution >= 4 is 27.7 Å². The smallest absolute Gasteiger partial charge is 0.270 e. The van der Waals surface area contributed by atoms with Crippen molar-refractivity contribution in [2.45, 2.75) is 27.7 Å². The molecule has 0 spiro atoms. The number of rotatable bonds is 5. The van der Waals surface area contributed by atoms with E-state index < -0.39 is 11.8 Å². The van der Waals surface area contributed by atoms with Gasteiger partial charge in [0.25, 0.3) is 11.8 Å². The Morgan fingerprint density at radius 2 is 1.28 bits per heavy atom. The third kappa shape index (κ3) is 8.89. The van der Waals surface area contributed by atoms with Crippen LogP contribution >= 0.6 is 15.9 Å². The highest BCUT2D eigenvalue weighted by Gasteiger charge is 2.17. The summed E-state index contributed by atoms with van der Waals surface area (Å²) in [6.07, 6.45) is 0. The number of hydrogen-bond acceptors (Lipinski definition) is 6. The molecule has 2 rings (SSSR count). The van der Waals surface area contributed by atoms with E-state index in [4.69, 9.17) is 14.2 Å². The first-order chi connectivity index (χ1) is 15.4. The largest absolute Gasteiger partial charge is 0.504 e. The fourth-order valence-corrected chi connectivity index (χ4v) is 2.60. The summed E-state index contributed by atoms with van der Waals surface area (Å²) < 4.78 is 15.7. The van der Waals surface area contributed by atoms with Crippen molar-refractivity contribution in [2.75, 3.05) is 21.3 Å². The molecule has 32 heavy (non-hydrogen) atoms. The Morgan fingerprint density at radius 3 is 1.78 bits per heavy atom. The van der Waals surface area contributed by atoms with Gasteiger partial charge in [0.1, 0.15) is 0 Å². The second kappa shape index (κ2) is 17.5. The fraction of sp³-hybridized carbons (Fsp3) is 0.304. The minimum atomic E-state index is -0.576. The average Bonchev–Trinajstić information content (AvgIpc) is 2.86. The predicted octanol–water partition coefficient (Wildman–Crippen LogP) is 5.11. The number of aromatic hydroxyl groups is 1. The fourth-order valence-electron chi connectivity index (χ4n) is 2.10. The molecule has 2 aromatic rings. The predicted molar refractivity (Wildman–Crippen MR) is 131 cm³/mol. The number of amides is 2. The van der Waals surface area contributed by atoms with Gasteiger partial charge in [0.2, 0.25) is 0 Å². The van der Waals surface area contributed by atoms with Crippen molar-refractivity contribution in [1.29, 1.82) is 0 Å². The monoisotopic (exact) mass is 512 g/mol. The molecule has 178 valence electrons. The molecule has 2 aromatic carbocycles. The Bertz CT molecular complexity index is 859. The molecule has 0 bridgehead atoms. The number of phenolic OH excluding ortho intramolecular Hbond substituents is 1. The van der Waals surface area contributed by atoms with Crippen LogP contribution in [0.4, 0.5) is 0 Å². The maximum absolute atomic E-state index is 12.3. The summed E-state index contributed by atoms with van der Waals surface area (Å²) in [4.78, 5) is 24.5. The van der Waals surface area contributed by atoms with Crippen molar-refractivity contribution in [3.8, 4) is 23.0 Å². The number of carbonyl (C=O) groups is 2. The molecule has 9 heteroatoms.